The maximum absolute atomic E-state index is 10.6. The van der Waals surface area contributed by atoms with Crippen LogP contribution in [0.4, 0.5) is 13.2 Å². The van der Waals surface area contributed by atoms with Gasteiger partial charge < -0.3 is 15.2 Å². The predicted molar refractivity (Wildman–Crippen MR) is 70.6 cm³/mol. The Hall–Kier alpha value is -1.87. The van der Waals surface area contributed by atoms with Crippen molar-refractivity contribution >= 4 is 27.5 Å². The summed E-state index contributed by atoms with van der Waals surface area (Å²) in [7, 11) is 0. The number of carbonyl (C=O) groups is 1. The zero-order valence-corrected chi connectivity index (χ0v) is 11.4. The number of ether oxygens (including phenoxy) is 1. The van der Waals surface area contributed by atoms with Crippen LogP contribution in [0.25, 0.3) is 10.2 Å². The van der Waals surface area contributed by atoms with Crippen LogP contribution in [0.15, 0.2) is 23.7 Å². The molecule has 0 radical (unpaired) electrons. The van der Waals surface area contributed by atoms with Crippen molar-refractivity contribution in [1.29, 1.82) is 0 Å². The Balaban J connectivity index is 0.000000199. The van der Waals surface area contributed by atoms with Crippen molar-refractivity contribution in [3.05, 3.63) is 23.7 Å². The van der Waals surface area contributed by atoms with Crippen molar-refractivity contribution < 1.29 is 27.8 Å². The van der Waals surface area contributed by atoms with Crippen LogP contribution in [-0.2, 0) is 4.79 Å². The Labute approximate surface area is 121 Å². The standard InChI is InChI=1S/C10H10N2OS.C2HF3O2/c1-2-8(13-7-4-11-5-7)10-9(3-1)14-6-12-10;3-2(4,5)1(6)7/h1-3,6-7,11H,4-5H2;(H,6,7). The van der Waals surface area contributed by atoms with Gasteiger partial charge in [-0.1, -0.05) is 6.07 Å². The number of alkyl halides is 3. The average molecular weight is 320 g/mol. The molecule has 0 saturated carbocycles. The van der Waals surface area contributed by atoms with E-state index in [1.54, 1.807) is 11.3 Å². The maximum atomic E-state index is 10.6. The van der Waals surface area contributed by atoms with Gasteiger partial charge in [-0.15, -0.1) is 11.3 Å². The number of aliphatic carboxylic acids is 1. The monoisotopic (exact) mass is 320 g/mol. The number of thiazole rings is 1. The van der Waals surface area contributed by atoms with Crippen molar-refractivity contribution in [2.75, 3.05) is 13.1 Å². The molecule has 9 heteroatoms. The number of rotatable bonds is 2. The fourth-order valence-electron chi connectivity index (χ4n) is 1.48. The van der Waals surface area contributed by atoms with Gasteiger partial charge in [-0.05, 0) is 12.1 Å². The van der Waals surface area contributed by atoms with Gasteiger partial charge in [-0.2, -0.15) is 13.2 Å². The lowest BCUT2D eigenvalue weighted by atomic mass is 10.2. The van der Waals surface area contributed by atoms with Crippen molar-refractivity contribution in [1.82, 2.24) is 10.3 Å². The van der Waals surface area contributed by atoms with Crippen LogP contribution in [0.3, 0.4) is 0 Å². The molecule has 0 amide bonds. The summed E-state index contributed by atoms with van der Waals surface area (Å²) in [6.45, 7) is 1.89. The van der Waals surface area contributed by atoms with E-state index in [0.29, 0.717) is 6.10 Å². The number of benzene rings is 1. The first kappa shape index (κ1) is 15.5. The maximum Gasteiger partial charge on any atom is 0.490 e. The number of carboxylic acid groups (broad SMARTS) is 1. The van der Waals surface area contributed by atoms with Gasteiger partial charge in [0.25, 0.3) is 0 Å². The number of nitrogens with one attached hydrogen (secondary N) is 1. The van der Waals surface area contributed by atoms with Crippen LogP contribution in [0.2, 0.25) is 0 Å². The second-order valence-corrected chi connectivity index (χ2v) is 5.04. The number of para-hydroxylation sites is 1. The molecule has 1 saturated heterocycles. The molecule has 2 heterocycles. The van der Waals surface area contributed by atoms with Gasteiger partial charge in [0.2, 0.25) is 0 Å². The largest absolute Gasteiger partial charge is 0.490 e. The van der Waals surface area contributed by atoms with Gasteiger partial charge in [-0.25, -0.2) is 9.78 Å². The van der Waals surface area contributed by atoms with Crippen molar-refractivity contribution in [3.8, 4) is 5.75 Å². The second kappa shape index (κ2) is 6.27. The molecule has 1 aliphatic rings. The Morgan fingerprint density at radius 2 is 2.10 bits per heavy atom. The summed E-state index contributed by atoms with van der Waals surface area (Å²) in [4.78, 5) is 13.2. The van der Waals surface area contributed by atoms with E-state index in [1.807, 2.05) is 17.6 Å². The Morgan fingerprint density at radius 1 is 1.43 bits per heavy atom. The Morgan fingerprint density at radius 3 is 2.62 bits per heavy atom. The third-order valence-electron chi connectivity index (χ3n) is 2.60. The van der Waals surface area contributed by atoms with Crippen LogP contribution in [0, 0.1) is 0 Å². The molecule has 1 aliphatic heterocycles. The number of carboxylic acids is 1. The third kappa shape index (κ3) is 4.05. The van der Waals surface area contributed by atoms with Crippen molar-refractivity contribution in [3.63, 3.8) is 0 Å². The van der Waals surface area contributed by atoms with Gasteiger partial charge in [0, 0.05) is 13.1 Å². The van der Waals surface area contributed by atoms with Gasteiger partial charge >= 0.3 is 12.1 Å². The van der Waals surface area contributed by atoms with Gasteiger partial charge in [-0.3, -0.25) is 0 Å². The molecule has 0 atom stereocenters. The normalized spacial score (nSPS) is 15.0. The van der Waals surface area contributed by atoms with E-state index < -0.39 is 12.1 Å². The molecule has 0 spiro atoms. The summed E-state index contributed by atoms with van der Waals surface area (Å²) in [6, 6.07) is 6.07. The topological polar surface area (TPSA) is 71.5 Å². The Bertz CT molecular complexity index is 625. The molecule has 1 aromatic heterocycles. The third-order valence-corrected chi connectivity index (χ3v) is 3.40. The summed E-state index contributed by atoms with van der Waals surface area (Å²) in [5.74, 6) is -1.84. The minimum absolute atomic E-state index is 0.322. The number of halogens is 3. The molecule has 0 bridgehead atoms. The molecule has 114 valence electrons. The summed E-state index contributed by atoms with van der Waals surface area (Å²) < 4.78 is 38.7. The van der Waals surface area contributed by atoms with E-state index in [0.717, 1.165) is 24.4 Å². The quantitative estimate of drug-likeness (QED) is 0.888. The van der Waals surface area contributed by atoms with E-state index in [4.69, 9.17) is 14.6 Å². The van der Waals surface area contributed by atoms with Crippen LogP contribution in [-0.4, -0.2) is 41.4 Å². The van der Waals surface area contributed by atoms with Gasteiger partial charge in [0.1, 0.15) is 17.4 Å². The van der Waals surface area contributed by atoms with Crippen LogP contribution in [0.1, 0.15) is 0 Å². The predicted octanol–water partition coefficient (Wildman–Crippen LogP) is 2.28. The molecule has 3 rings (SSSR count). The van der Waals surface area contributed by atoms with Crippen LogP contribution >= 0.6 is 11.3 Å². The van der Waals surface area contributed by atoms with E-state index in [1.165, 1.54) is 4.70 Å². The van der Waals surface area contributed by atoms with Gasteiger partial charge in [0.05, 0.1) is 10.2 Å². The minimum atomic E-state index is -5.08. The number of hydrogen-bond donors (Lipinski definition) is 2. The molecule has 1 aromatic carbocycles. The van der Waals surface area contributed by atoms with Crippen LogP contribution < -0.4 is 10.1 Å². The molecule has 1 fully saturated rings. The molecule has 21 heavy (non-hydrogen) atoms. The Kier molecular flexibility index (Phi) is 4.63. The second-order valence-electron chi connectivity index (χ2n) is 4.16. The summed E-state index contributed by atoms with van der Waals surface area (Å²) in [6.07, 6.45) is -4.76. The number of aromatic nitrogens is 1. The van der Waals surface area contributed by atoms with Crippen LogP contribution in [0.5, 0.6) is 5.75 Å². The highest BCUT2D eigenvalue weighted by atomic mass is 32.1. The lowest BCUT2D eigenvalue weighted by molar-refractivity contribution is -0.192. The minimum Gasteiger partial charge on any atom is -0.485 e. The summed E-state index contributed by atoms with van der Waals surface area (Å²) in [5, 5.41) is 10.3. The highest BCUT2D eigenvalue weighted by Gasteiger charge is 2.38. The molecule has 0 unspecified atom stereocenters. The zero-order valence-electron chi connectivity index (χ0n) is 10.6. The SMILES string of the molecule is O=C(O)C(F)(F)F.c1cc(OC2CNC2)c2ncsc2c1. The first-order chi connectivity index (χ1) is 9.88. The summed E-state index contributed by atoms with van der Waals surface area (Å²) >= 11 is 1.65. The number of hydrogen-bond acceptors (Lipinski definition) is 5. The lowest BCUT2D eigenvalue weighted by Gasteiger charge is -2.27. The first-order valence-electron chi connectivity index (χ1n) is 5.87. The molecule has 0 aliphatic carbocycles. The van der Waals surface area contributed by atoms with E-state index >= 15 is 0 Å². The zero-order chi connectivity index (χ0) is 15.5. The fraction of sp³-hybridized carbons (Fsp3) is 0.333. The van der Waals surface area contributed by atoms with E-state index in [2.05, 4.69) is 16.4 Å². The average Bonchev–Trinajstić information content (AvgIpc) is 2.82. The molecule has 2 N–H and O–H groups in total. The molecule has 2 aromatic rings. The van der Waals surface area contributed by atoms with Crippen molar-refractivity contribution in [2.45, 2.75) is 12.3 Å². The highest BCUT2D eigenvalue weighted by molar-refractivity contribution is 7.16. The molecular formula is C12H11F3N2O3S. The first-order valence-corrected chi connectivity index (χ1v) is 6.75. The van der Waals surface area contributed by atoms with Gasteiger partial charge in [0.15, 0.2) is 0 Å². The number of nitrogens with zero attached hydrogens (tertiary/aromatic N) is 1. The van der Waals surface area contributed by atoms with E-state index in [9.17, 15) is 13.2 Å². The van der Waals surface area contributed by atoms with Crippen molar-refractivity contribution in [2.24, 2.45) is 0 Å². The summed E-state index contributed by atoms with van der Waals surface area (Å²) in [5.41, 5.74) is 2.85. The van der Waals surface area contributed by atoms with E-state index in [-0.39, 0.29) is 0 Å². The highest BCUT2D eigenvalue weighted by Crippen LogP contribution is 2.27. The smallest absolute Gasteiger partial charge is 0.485 e. The lowest BCUT2D eigenvalue weighted by Crippen LogP contribution is -2.50. The molecular weight excluding hydrogens is 309 g/mol. The fourth-order valence-corrected chi connectivity index (χ4v) is 2.17. The molecule has 5 nitrogen and oxygen atoms in total. The number of fused-ring (bicyclic) bond motifs is 1.